The van der Waals surface area contributed by atoms with Crippen molar-refractivity contribution in [1.82, 2.24) is 10.2 Å². The minimum Gasteiger partial charge on any atom is -0.465 e. The van der Waals surface area contributed by atoms with E-state index in [1.807, 2.05) is 6.07 Å². The van der Waals surface area contributed by atoms with E-state index in [0.29, 0.717) is 25.9 Å². The van der Waals surface area contributed by atoms with Crippen molar-refractivity contribution < 1.29 is 19.4 Å². The monoisotopic (exact) mass is 285 g/mol. The Morgan fingerprint density at radius 2 is 1.95 bits per heavy atom. The molecule has 2 amide bonds. The third-order valence-electron chi connectivity index (χ3n) is 2.29. The average molecular weight is 285 g/mol. The van der Waals surface area contributed by atoms with Gasteiger partial charge in [-0.2, -0.15) is 5.26 Å². The Morgan fingerprint density at radius 1 is 1.30 bits per heavy atom. The van der Waals surface area contributed by atoms with Gasteiger partial charge in [-0.05, 0) is 33.6 Å². The molecule has 7 nitrogen and oxygen atoms in total. The molecular weight excluding hydrogens is 262 g/mol. The molecule has 20 heavy (non-hydrogen) atoms. The number of ether oxygens (including phenoxy) is 1. The molecule has 0 spiro atoms. The normalized spacial score (nSPS) is 10.5. The third kappa shape index (κ3) is 10.00. The molecule has 0 aromatic heterocycles. The Hall–Kier alpha value is -1.97. The zero-order valence-electron chi connectivity index (χ0n) is 12.3. The van der Waals surface area contributed by atoms with Gasteiger partial charge in [0, 0.05) is 19.6 Å². The van der Waals surface area contributed by atoms with E-state index in [0.717, 1.165) is 0 Å². The van der Waals surface area contributed by atoms with Crippen LogP contribution in [0.3, 0.4) is 0 Å². The molecule has 0 aromatic rings. The molecule has 0 atom stereocenters. The summed E-state index contributed by atoms with van der Waals surface area (Å²) < 4.78 is 5.07. The number of carboxylic acid groups (broad SMARTS) is 1. The van der Waals surface area contributed by atoms with Gasteiger partial charge < -0.3 is 20.1 Å². The van der Waals surface area contributed by atoms with Crippen LogP contribution in [0.25, 0.3) is 0 Å². The van der Waals surface area contributed by atoms with Crippen molar-refractivity contribution in [2.45, 2.75) is 45.6 Å². The first-order chi connectivity index (χ1) is 9.26. The number of alkyl carbamates (subject to hydrolysis) is 1. The van der Waals surface area contributed by atoms with Crippen LogP contribution in [0.2, 0.25) is 0 Å². The van der Waals surface area contributed by atoms with Crippen LogP contribution in [-0.4, -0.2) is 47.4 Å². The zero-order valence-corrected chi connectivity index (χ0v) is 12.3. The van der Waals surface area contributed by atoms with Crippen molar-refractivity contribution in [2.24, 2.45) is 0 Å². The largest absolute Gasteiger partial charge is 0.465 e. The van der Waals surface area contributed by atoms with E-state index in [4.69, 9.17) is 15.1 Å². The summed E-state index contributed by atoms with van der Waals surface area (Å²) in [5.41, 5.74) is -0.526. The van der Waals surface area contributed by atoms with Crippen LogP contribution >= 0.6 is 0 Å². The molecule has 0 radical (unpaired) electrons. The number of hydrogen-bond acceptors (Lipinski definition) is 4. The van der Waals surface area contributed by atoms with Gasteiger partial charge in [0.05, 0.1) is 12.5 Å². The number of carbonyl (C=O) groups is 2. The van der Waals surface area contributed by atoms with Crippen molar-refractivity contribution in [1.29, 1.82) is 5.26 Å². The molecule has 0 aromatic carbocycles. The standard InChI is InChI=1S/C13H23N3O4/c1-13(2,3)20-11(17)15-8-4-5-9-16(12(18)19)10-6-7-14/h4-6,8-10H2,1-3H3,(H,15,17)(H,18,19). The van der Waals surface area contributed by atoms with Gasteiger partial charge in [-0.1, -0.05) is 0 Å². The second-order valence-electron chi connectivity index (χ2n) is 5.31. The Labute approximate surface area is 119 Å². The number of amides is 2. The maximum absolute atomic E-state index is 11.3. The molecule has 0 saturated heterocycles. The fraction of sp³-hybridized carbons (Fsp3) is 0.769. The van der Waals surface area contributed by atoms with Crippen LogP contribution in [0.4, 0.5) is 9.59 Å². The van der Waals surface area contributed by atoms with Crippen molar-refractivity contribution in [3.05, 3.63) is 0 Å². The molecule has 0 unspecified atom stereocenters. The summed E-state index contributed by atoms with van der Waals surface area (Å²) in [6.07, 6.45) is -0.0524. The Kier molecular flexibility index (Phi) is 8.13. The molecule has 114 valence electrons. The van der Waals surface area contributed by atoms with E-state index in [1.54, 1.807) is 20.8 Å². The van der Waals surface area contributed by atoms with Crippen LogP contribution in [0.15, 0.2) is 0 Å². The van der Waals surface area contributed by atoms with Crippen molar-refractivity contribution in [2.75, 3.05) is 19.6 Å². The molecule has 2 N–H and O–H groups in total. The molecule has 7 heteroatoms. The maximum atomic E-state index is 11.3. The summed E-state index contributed by atoms with van der Waals surface area (Å²) in [5, 5.41) is 19.9. The number of unbranched alkanes of at least 4 members (excludes halogenated alkanes) is 1. The molecule has 0 rings (SSSR count). The van der Waals surface area contributed by atoms with Crippen LogP contribution < -0.4 is 5.32 Å². The first-order valence-corrected chi connectivity index (χ1v) is 6.58. The predicted octanol–water partition coefficient (Wildman–Crippen LogP) is 2.18. The third-order valence-corrected chi connectivity index (χ3v) is 2.29. The SMILES string of the molecule is CC(C)(C)OC(=O)NCCCCN(CCC#N)C(=O)O. The summed E-state index contributed by atoms with van der Waals surface area (Å²) >= 11 is 0. The Bertz CT molecular complexity index is 358. The fourth-order valence-corrected chi connectivity index (χ4v) is 1.42. The van der Waals surface area contributed by atoms with E-state index >= 15 is 0 Å². The highest BCUT2D eigenvalue weighted by atomic mass is 16.6. The number of nitriles is 1. The first-order valence-electron chi connectivity index (χ1n) is 6.58. The number of nitrogens with zero attached hydrogens (tertiary/aromatic N) is 2. The highest BCUT2D eigenvalue weighted by Crippen LogP contribution is 2.06. The van der Waals surface area contributed by atoms with E-state index in [1.165, 1.54) is 4.90 Å². The van der Waals surface area contributed by atoms with Gasteiger partial charge in [0.1, 0.15) is 5.60 Å². The number of hydrogen-bond donors (Lipinski definition) is 2. The minimum atomic E-state index is -1.03. The quantitative estimate of drug-likeness (QED) is 0.698. The summed E-state index contributed by atoms with van der Waals surface area (Å²) in [7, 11) is 0. The van der Waals surface area contributed by atoms with Gasteiger partial charge >= 0.3 is 12.2 Å². The van der Waals surface area contributed by atoms with Crippen LogP contribution in [0, 0.1) is 11.3 Å². The molecule has 0 bridgehead atoms. The van der Waals surface area contributed by atoms with Crippen LogP contribution in [0.5, 0.6) is 0 Å². The van der Waals surface area contributed by atoms with Gasteiger partial charge in [-0.25, -0.2) is 9.59 Å². The highest BCUT2D eigenvalue weighted by molar-refractivity contribution is 5.67. The van der Waals surface area contributed by atoms with Crippen LogP contribution in [0.1, 0.15) is 40.0 Å². The number of carbonyl (C=O) groups excluding carboxylic acids is 1. The second kappa shape index (κ2) is 9.02. The van der Waals surface area contributed by atoms with Gasteiger partial charge in [-0.15, -0.1) is 0 Å². The first kappa shape index (κ1) is 18.0. The Morgan fingerprint density at radius 3 is 2.45 bits per heavy atom. The van der Waals surface area contributed by atoms with E-state index in [2.05, 4.69) is 5.32 Å². The van der Waals surface area contributed by atoms with E-state index < -0.39 is 17.8 Å². The highest BCUT2D eigenvalue weighted by Gasteiger charge is 2.15. The summed E-state index contributed by atoms with van der Waals surface area (Å²) in [5.74, 6) is 0. The van der Waals surface area contributed by atoms with Crippen molar-refractivity contribution in [3.8, 4) is 6.07 Å². The summed E-state index contributed by atoms with van der Waals surface area (Å²) in [4.78, 5) is 23.4. The molecule has 0 heterocycles. The lowest BCUT2D eigenvalue weighted by Gasteiger charge is -2.20. The van der Waals surface area contributed by atoms with Crippen LogP contribution in [-0.2, 0) is 4.74 Å². The summed E-state index contributed by atoms with van der Waals surface area (Å²) in [6, 6.07) is 1.91. The lowest BCUT2D eigenvalue weighted by Crippen LogP contribution is -2.34. The zero-order chi connectivity index (χ0) is 15.6. The predicted molar refractivity (Wildman–Crippen MR) is 73.3 cm³/mol. The number of nitrogens with one attached hydrogen (secondary N) is 1. The molecule has 0 fully saturated rings. The van der Waals surface area contributed by atoms with Gasteiger partial charge in [0.25, 0.3) is 0 Å². The maximum Gasteiger partial charge on any atom is 0.407 e. The topological polar surface area (TPSA) is 103 Å². The lowest BCUT2D eigenvalue weighted by molar-refractivity contribution is 0.0526. The average Bonchev–Trinajstić information content (AvgIpc) is 2.29. The van der Waals surface area contributed by atoms with Gasteiger partial charge in [0.15, 0.2) is 0 Å². The molecule has 0 saturated carbocycles. The molecule has 0 aliphatic rings. The van der Waals surface area contributed by atoms with E-state index in [-0.39, 0.29) is 13.0 Å². The fourth-order valence-electron chi connectivity index (χ4n) is 1.42. The summed E-state index contributed by atoms with van der Waals surface area (Å²) in [6.45, 7) is 6.35. The number of rotatable bonds is 7. The van der Waals surface area contributed by atoms with Gasteiger partial charge in [-0.3, -0.25) is 0 Å². The van der Waals surface area contributed by atoms with E-state index in [9.17, 15) is 9.59 Å². The molecule has 0 aliphatic heterocycles. The van der Waals surface area contributed by atoms with Gasteiger partial charge in [0.2, 0.25) is 0 Å². The molecular formula is C13H23N3O4. The smallest absolute Gasteiger partial charge is 0.407 e. The van der Waals surface area contributed by atoms with Crippen molar-refractivity contribution in [3.63, 3.8) is 0 Å². The molecule has 0 aliphatic carbocycles. The van der Waals surface area contributed by atoms with Crippen molar-refractivity contribution >= 4 is 12.2 Å². The minimum absolute atomic E-state index is 0.183. The lowest BCUT2D eigenvalue weighted by atomic mass is 10.2. The Balaban J connectivity index is 3.77. The second-order valence-corrected chi connectivity index (χ2v) is 5.31.